The van der Waals surface area contributed by atoms with Gasteiger partial charge in [0, 0.05) is 30.3 Å². The van der Waals surface area contributed by atoms with Crippen LogP contribution in [0.15, 0.2) is 75.8 Å². The Kier molecular flexibility index (Phi) is 9.72. The molecular formula is C30H41N7OS. The third-order valence-corrected chi connectivity index (χ3v) is 8.02. The lowest BCUT2D eigenvalue weighted by atomic mass is 9.87. The van der Waals surface area contributed by atoms with Crippen LogP contribution < -0.4 is 20.8 Å². The lowest BCUT2D eigenvalue weighted by Crippen LogP contribution is -2.41. The van der Waals surface area contributed by atoms with Crippen molar-refractivity contribution in [2.75, 3.05) is 44.9 Å². The predicted octanol–water partition coefficient (Wildman–Crippen LogP) is 6.03. The molecule has 9 heteroatoms. The number of ether oxygens (including phenoxy) is 1. The smallest absolute Gasteiger partial charge is 0.232 e. The molecule has 2 aliphatic rings. The Bertz CT molecular complexity index is 1260. The van der Waals surface area contributed by atoms with E-state index in [9.17, 15) is 0 Å². The summed E-state index contributed by atoms with van der Waals surface area (Å²) in [5.74, 6) is 3.16. The molecule has 0 unspecified atom stereocenters. The molecule has 0 spiro atoms. The number of para-hydroxylation sites is 1. The highest BCUT2D eigenvalue weighted by molar-refractivity contribution is 8.00. The van der Waals surface area contributed by atoms with Gasteiger partial charge in [-0.05, 0) is 74.2 Å². The van der Waals surface area contributed by atoms with Gasteiger partial charge >= 0.3 is 0 Å². The molecule has 0 aliphatic carbocycles. The summed E-state index contributed by atoms with van der Waals surface area (Å²) in [7, 11) is 5.64. The summed E-state index contributed by atoms with van der Waals surface area (Å²) in [4.78, 5) is 12.7. The van der Waals surface area contributed by atoms with Crippen molar-refractivity contribution in [1.82, 2.24) is 15.3 Å². The fourth-order valence-electron chi connectivity index (χ4n) is 4.91. The van der Waals surface area contributed by atoms with Crippen LogP contribution in [0.25, 0.3) is 0 Å². The molecule has 0 bridgehead atoms. The third-order valence-electron chi connectivity index (χ3n) is 6.94. The molecule has 2 aliphatic heterocycles. The zero-order valence-electron chi connectivity index (χ0n) is 23.9. The van der Waals surface area contributed by atoms with E-state index >= 15 is 0 Å². The van der Waals surface area contributed by atoms with Crippen LogP contribution in [-0.4, -0.2) is 61.4 Å². The van der Waals surface area contributed by atoms with E-state index < -0.39 is 0 Å². The van der Waals surface area contributed by atoms with Gasteiger partial charge < -0.3 is 15.4 Å². The molecule has 8 nitrogen and oxygen atoms in total. The number of methoxy groups -OCH3 is 1. The van der Waals surface area contributed by atoms with Crippen molar-refractivity contribution in [3.63, 3.8) is 0 Å². The van der Waals surface area contributed by atoms with E-state index in [0.29, 0.717) is 23.1 Å². The Morgan fingerprint density at radius 3 is 2.51 bits per heavy atom. The number of piperidine rings is 1. The van der Waals surface area contributed by atoms with Crippen molar-refractivity contribution in [1.29, 1.82) is 0 Å². The number of hydrogen-bond donors (Lipinski definition) is 3. The minimum atomic E-state index is 0.462. The molecule has 0 radical (unpaired) electrons. The Morgan fingerprint density at radius 2 is 1.85 bits per heavy atom. The fraction of sp³-hybridized carbons (Fsp3) is 0.400. The first-order chi connectivity index (χ1) is 18.8. The zero-order chi connectivity index (χ0) is 27.9. The van der Waals surface area contributed by atoms with E-state index in [1.165, 1.54) is 16.0 Å². The summed E-state index contributed by atoms with van der Waals surface area (Å²) < 4.78 is 5.84. The van der Waals surface area contributed by atoms with Crippen molar-refractivity contribution in [3.8, 4) is 5.75 Å². The van der Waals surface area contributed by atoms with Crippen molar-refractivity contribution >= 4 is 35.1 Å². The van der Waals surface area contributed by atoms with Crippen LogP contribution in [0.2, 0.25) is 0 Å². The first kappa shape index (κ1) is 28.7. The van der Waals surface area contributed by atoms with Gasteiger partial charge in [0.25, 0.3) is 0 Å². The molecule has 2 aromatic carbocycles. The molecule has 4 rings (SSSR count). The first-order valence-corrected chi connectivity index (χ1v) is 14.3. The van der Waals surface area contributed by atoms with Gasteiger partial charge in [-0.3, -0.25) is 10.3 Å². The van der Waals surface area contributed by atoms with E-state index in [4.69, 9.17) is 14.7 Å². The zero-order valence-corrected chi connectivity index (χ0v) is 24.7. The minimum Gasteiger partial charge on any atom is -0.495 e. The second kappa shape index (κ2) is 13.2. The standard InChI is InChI=1S/C30H41N7OS/c1-8-11-28-34-29(35-30(36(28)6)33-24-12-9-10-13-27(24)39-20(2)3)32-25-18-21(4)23(19-26(25)38-7)22-14-16-37(31-5)17-15-22/h8-13,18-20,22,31H,1,14-17H2,2-7H3,(H2,32,33,34,35)/b28-11-. The second-order valence-corrected chi connectivity index (χ2v) is 11.6. The largest absolute Gasteiger partial charge is 0.495 e. The number of hydrogen-bond acceptors (Lipinski definition) is 9. The molecule has 0 amide bonds. The summed E-state index contributed by atoms with van der Waals surface area (Å²) in [6.45, 7) is 12.5. The number of rotatable bonds is 8. The van der Waals surface area contributed by atoms with Gasteiger partial charge in [-0.15, -0.1) is 11.8 Å². The van der Waals surface area contributed by atoms with Gasteiger partial charge in [-0.25, -0.2) is 5.01 Å². The molecule has 39 heavy (non-hydrogen) atoms. The van der Waals surface area contributed by atoms with Crippen LogP contribution in [0.4, 0.5) is 11.4 Å². The van der Waals surface area contributed by atoms with E-state index in [1.807, 2.05) is 42.9 Å². The number of allylic oxidation sites excluding steroid dienone is 2. The summed E-state index contributed by atoms with van der Waals surface area (Å²) in [5, 5.41) is 9.69. The van der Waals surface area contributed by atoms with Gasteiger partial charge in [0.1, 0.15) is 11.6 Å². The average Bonchev–Trinajstić information content (AvgIpc) is 2.92. The highest BCUT2D eigenvalue weighted by atomic mass is 32.2. The summed E-state index contributed by atoms with van der Waals surface area (Å²) >= 11 is 1.81. The number of benzene rings is 2. The van der Waals surface area contributed by atoms with Gasteiger partial charge in [0.2, 0.25) is 11.9 Å². The van der Waals surface area contributed by atoms with Crippen LogP contribution in [0.1, 0.15) is 43.7 Å². The first-order valence-electron chi connectivity index (χ1n) is 13.5. The van der Waals surface area contributed by atoms with Crippen molar-refractivity contribution in [3.05, 3.63) is 72.1 Å². The third kappa shape index (κ3) is 7.03. The number of anilines is 2. The van der Waals surface area contributed by atoms with Crippen LogP contribution >= 0.6 is 11.8 Å². The highest BCUT2D eigenvalue weighted by Crippen LogP contribution is 2.37. The fourth-order valence-corrected chi connectivity index (χ4v) is 5.82. The van der Waals surface area contributed by atoms with Gasteiger partial charge in [-0.1, -0.05) is 38.6 Å². The Hall–Kier alpha value is -3.27. The number of nitrogens with zero attached hydrogens (tertiary/aromatic N) is 4. The molecule has 0 aromatic heterocycles. The van der Waals surface area contributed by atoms with Crippen molar-refractivity contribution in [2.24, 2.45) is 9.98 Å². The van der Waals surface area contributed by atoms with Crippen LogP contribution in [0.5, 0.6) is 5.75 Å². The summed E-state index contributed by atoms with van der Waals surface area (Å²) in [5.41, 5.74) is 7.69. The molecule has 1 fully saturated rings. The van der Waals surface area contributed by atoms with E-state index in [1.54, 1.807) is 13.2 Å². The lowest BCUT2D eigenvalue weighted by Gasteiger charge is -2.32. The van der Waals surface area contributed by atoms with Gasteiger partial charge in [-0.2, -0.15) is 9.98 Å². The number of thioether (sulfide) groups is 1. The maximum Gasteiger partial charge on any atom is 0.232 e. The molecular weight excluding hydrogens is 506 g/mol. The highest BCUT2D eigenvalue weighted by Gasteiger charge is 2.24. The number of aliphatic imine (C=N–C) groups is 2. The number of hydrazine groups is 1. The van der Waals surface area contributed by atoms with E-state index in [-0.39, 0.29) is 0 Å². The van der Waals surface area contributed by atoms with Gasteiger partial charge in [0.15, 0.2) is 0 Å². The second-order valence-electron chi connectivity index (χ2n) is 10.00. The molecule has 2 aromatic rings. The quantitative estimate of drug-likeness (QED) is 0.349. The van der Waals surface area contributed by atoms with Crippen molar-refractivity contribution in [2.45, 2.75) is 49.7 Å². The Balaban J connectivity index is 1.62. The monoisotopic (exact) mass is 547 g/mol. The molecule has 0 saturated carbocycles. The molecule has 3 N–H and O–H groups in total. The Labute approximate surface area is 237 Å². The van der Waals surface area contributed by atoms with Gasteiger partial charge in [0.05, 0.1) is 18.5 Å². The molecule has 2 heterocycles. The molecule has 0 atom stereocenters. The summed E-state index contributed by atoms with van der Waals surface area (Å²) in [6.07, 6.45) is 5.83. The Morgan fingerprint density at radius 1 is 1.10 bits per heavy atom. The van der Waals surface area contributed by atoms with E-state index in [2.05, 4.69) is 78.8 Å². The van der Waals surface area contributed by atoms with Crippen LogP contribution in [0.3, 0.4) is 0 Å². The maximum atomic E-state index is 5.84. The summed E-state index contributed by atoms with van der Waals surface area (Å²) in [6, 6.07) is 12.6. The topological polar surface area (TPSA) is 76.5 Å². The van der Waals surface area contributed by atoms with Crippen molar-refractivity contribution < 1.29 is 4.74 Å². The number of aryl methyl sites for hydroxylation is 1. The minimum absolute atomic E-state index is 0.462. The van der Waals surface area contributed by atoms with E-state index in [0.717, 1.165) is 48.9 Å². The molecule has 208 valence electrons. The average molecular weight is 548 g/mol. The maximum absolute atomic E-state index is 5.84. The SMILES string of the molecule is C=C/C=C1/N=C(Nc2cc(C)c(C3CCN(NC)CC3)cc2OC)N=C(Nc2ccccc2SC(C)C)N1C. The number of nitrogens with one attached hydrogen (secondary N) is 3. The normalized spacial score (nSPS) is 17.7. The lowest BCUT2D eigenvalue weighted by molar-refractivity contribution is 0.158. The van der Waals surface area contributed by atoms with Crippen LogP contribution in [-0.2, 0) is 0 Å². The molecule has 1 saturated heterocycles. The number of guanidine groups is 2. The van der Waals surface area contributed by atoms with Crippen LogP contribution in [0, 0.1) is 6.92 Å². The predicted molar refractivity (Wildman–Crippen MR) is 166 cm³/mol.